The second-order valence-electron chi connectivity index (χ2n) is 6.66. The molecule has 0 radical (unpaired) electrons. The minimum atomic E-state index is -3.84. The molecule has 1 fully saturated rings. The van der Waals surface area contributed by atoms with Crippen molar-refractivity contribution < 1.29 is 18.2 Å². The van der Waals surface area contributed by atoms with Gasteiger partial charge < -0.3 is 4.90 Å². The Morgan fingerprint density at radius 3 is 2.54 bits per heavy atom. The molecule has 8 heteroatoms. The van der Waals surface area contributed by atoms with E-state index in [1.807, 2.05) is 37.4 Å². The first-order valence-corrected chi connectivity index (χ1v) is 9.88. The van der Waals surface area contributed by atoms with Gasteiger partial charge in [-0.05, 0) is 18.6 Å². The Balaban J connectivity index is 2.04. The van der Waals surface area contributed by atoms with Crippen molar-refractivity contribution in [2.75, 3.05) is 26.7 Å². The van der Waals surface area contributed by atoms with Crippen LogP contribution in [0.3, 0.4) is 0 Å². The predicted molar refractivity (Wildman–Crippen MR) is 97.5 cm³/mol. The van der Waals surface area contributed by atoms with E-state index < -0.39 is 14.9 Å². The first kappa shape index (κ1) is 18.5. The molecule has 2 aromatic rings. The summed E-state index contributed by atoms with van der Waals surface area (Å²) in [4.78, 5) is 11.9. The van der Waals surface area contributed by atoms with Crippen molar-refractivity contribution in [3.63, 3.8) is 0 Å². The van der Waals surface area contributed by atoms with Gasteiger partial charge in [0.05, 0.1) is 42.5 Å². The molecular formula is C18H22N3O4S+. The zero-order chi connectivity index (χ0) is 18.9. The highest BCUT2D eigenvalue weighted by atomic mass is 32.2. The van der Waals surface area contributed by atoms with Gasteiger partial charge in [-0.2, -0.15) is 4.31 Å². The molecule has 2 atom stereocenters. The average Bonchev–Trinajstić information content (AvgIpc) is 2.62. The number of aryl methyl sites for hydroxylation is 1. The Labute approximate surface area is 153 Å². The molecule has 0 aromatic heterocycles. The molecule has 0 aliphatic carbocycles. The molecule has 0 amide bonds. The standard InChI is InChI=1S/C18H21N3O4S/c1-14-8-9-16(12-17(14)21(22)23)26(24,25)20-11-10-19(2)13-18(20)15-6-4-3-5-7-15/h3-9,12,18H,10-11,13H2,1-2H3/p+1/t18-/m1/s1. The van der Waals surface area contributed by atoms with Crippen molar-refractivity contribution in [3.05, 3.63) is 69.8 Å². The van der Waals surface area contributed by atoms with Crippen LogP contribution in [0.2, 0.25) is 0 Å². The van der Waals surface area contributed by atoms with Crippen LogP contribution >= 0.6 is 0 Å². The average molecular weight is 376 g/mol. The van der Waals surface area contributed by atoms with Crippen LogP contribution in [-0.4, -0.2) is 44.3 Å². The van der Waals surface area contributed by atoms with Crippen LogP contribution in [0.4, 0.5) is 5.69 Å². The van der Waals surface area contributed by atoms with Crippen LogP contribution in [0.1, 0.15) is 17.2 Å². The van der Waals surface area contributed by atoms with Gasteiger partial charge in [-0.15, -0.1) is 0 Å². The summed E-state index contributed by atoms with van der Waals surface area (Å²) in [5.41, 5.74) is 1.19. The van der Waals surface area contributed by atoms with Crippen LogP contribution < -0.4 is 4.90 Å². The number of rotatable bonds is 4. The topological polar surface area (TPSA) is 85.0 Å². The van der Waals surface area contributed by atoms with Crippen LogP contribution in [0.15, 0.2) is 53.4 Å². The second kappa shape index (κ2) is 7.14. The predicted octanol–water partition coefficient (Wildman–Crippen LogP) is 1.16. The molecule has 1 N–H and O–H groups in total. The van der Waals surface area contributed by atoms with Gasteiger partial charge >= 0.3 is 0 Å². The fourth-order valence-electron chi connectivity index (χ4n) is 3.32. The van der Waals surface area contributed by atoms with E-state index in [2.05, 4.69) is 0 Å². The number of quaternary nitrogens is 1. The third-order valence-corrected chi connectivity index (χ3v) is 6.72. The summed E-state index contributed by atoms with van der Waals surface area (Å²) in [6, 6.07) is 13.3. The minimum absolute atomic E-state index is 0.0321. The van der Waals surface area contributed by atoms with Gasteiger partial charge in [-0.25, -0.2) is 8.42 Å². The molecule has 138 valence electrons. The highest BCUT2D eigenvalue weighted by Gasteiger charge is 2.38. The Morgan fingerprint density at radius 1 is 1.19 bits per heavy atom. The maximum absolute atomic E-state index is 13.3. The lowest BCUT2D eigenvalue weighted by Crippen LogP contribution is -3.12. The molecule has 3 rings (SSSR count). The summed E-state index contributed by atoms with van der Waals surface area (Å²) in [5, 5.41) is 11.2. The van der Waals surface area contributed by atoms with Gasteiger partial charge in [0.2, 0.25) is 10.0 Å². The number of sulfonamides is 1. The number of benzene rings is 2. The normalized spacial score (nSPS) is 21.5. The Hall–Kier alpha value is -2.29. The smallest absolute Gasteiger partial charge is 0.273 e. The number of piperazine rings is 1. The quantitative estimate of drug-likeness (QED) is 0.641. The maximum Gasteiger partial charge on any atom is 0.273 e. The Bertz CT molecular complexity index is 915. The Morgan fingerprint density at radius 2 is 1.88 bits per heavy atom. The van der Waals surface area contributed by atoms with Crippen LogP contribution in [0, 0.1) is 17.0 Å². The van der Waals surface area contributed by atoms with Gasteiger partial charge in [0, 0.05) is 11.6 Å². The SMILES string of the molecule is Cc1ccc(S(=O)(=O)N2CC[NH+](C)C[C@@H]2c2ccccc2)cc1[N+](=O)[O-]. The highest BCUT2D eigenvalue weighted by molar-refractivity contribution is 7.89. The Kier molecular flexibility index (Phi) is 5.08. The maximum atomic E-state index is 13.3. The fourth-order valence-corrected chi connectivity index (χ4v) is 4.95. The van der Waals surface area contributed by atoms with Gasteiger partial charge in [0.25, 0.3) is 5.69 Å². The third kappa shape index (κ3) is 3.48. The van der Waals surface area contributed by atoms with E-state index in [-0.39, 0.29) is 16.6 Å². The number of hydrogen-bond donors (Lipinski definition) is 1. The summed E-state index contributed by atoms with van der Waals surface area (Å²) in [7, 11) is -1.80. The van der Waals surface area contributed by atoms with Gasteiger partial charge in [-0.1, -0.05) is 36.4 Å². The number of likely N-dealkylation sites (N-methyl/N-ethyl adjacent to an activating group) is 1. The van der Waals surface area contributed by atoms with Crippen LogP contribution in [-0.2, 0) is 10.0 Å². The van der Waals surface area contributed by atoms with E-state index in [9.17, 15) is 18.5 Å². The van der Waals surface area contributed by atoms with Crippen molar-refractivity contribution in [1.29, 1.82) is 0 Å². The molecule has 2 aromatic carbocycles. The van der Waals surface area contributed by atoms with E-state index in [0.717, 1.165) is 11.6 Å². The summed E-state index contributed by atoms with van der Waals surface area (Å²) in [6.45, 7) is 3.31. The molecule has 1 aliphatic rings. The highest BCUT2D eigenvalue weighted by Crippen LogP contribution is 2.30. The lowest BCUT2D eigenvalue weighted by molar-refractivity contribution is -0.887. The molecule has 7 nitrogen and oxygen atoms in total. The van der Waals surface area contributed by atoms with E-state index in [1.54, 1.807) is 6.92 Å². The molecule has 1 unspecified atom stereocenters. The molecule has 0 saturated carbocycles. The monoisotopic (exact) mass is 376 g/mol. The molecule has 1 heterocycles. The van der Waals surface area contributed by atoms with E-state index in [1.165, 1.54) is 21.3 Å². The summed E-state index contributed by atoms with van der Waals surface area (Å²) < 4.78 is 28.0. The largest absolute Gasteiger partial charge is 0.335 e. The number of nitrogens with one attached hydrogen (secondary N) is 1. The summed E-state index contributed by atoms with van der Waals surface area (Å²) in [6.07, 6.45) is 0. The number of nitro groups is 1. The number of nitrogens with zero attached hydrogens (tertiary/aromatic N) is 2. The zero-order valence-corrected chi connectivity index (χ0v) is 15.6. The van der Waals surface area contributed by atoms with Crippen molar-refractivity contribution >= 4 is 15.7 Å². The summed E-state index contributed by atoms with van der Waals surface area (Å²) >= 11 is 0. The van der Waals surface area contributed by atoms with Crippen molar-refractivity contribution in [2.24, 2.45) is 0 Å². The van der Waals surface area contributed by atoms with Gasteiger partial charge in [0.15, 0.2) is 0 Å². The van der Waals surface area contributed by atoms with Crippen molar-refractivity contribution in [2.45, 2.75) is 17.9 Å². The second-order valence-corrected chi connectivity index (χ2v) is 8.55. The number of hydrogen-bond acceptors (Lipinski definition) is 4. The first-order chi connectivity index (χ1) is 12.3. The van der Waals surface area contributed by atoms with E-state index >= 15 is 0 Å². The van der Waals surface area contributed by atoms with E-state index in [4.69, 9.17) is 0 Å². The molecule has 0 spiro atoms. The fraction of sp³-hybridized carbons (Fsp3) is 0.333. The molecule has 26 heavy (non-hydrogen) atoms. The molecule has 1 saturated heterocycles. The van der Waals surface area contributed by atoms with Crippen LogP contribution in [0.5, 0.6) is 0 Å². The minimum Gasteiger partial charge on any atom is -0.335 e. The van der Waals surface area contributed by atoms with Crippen molar-refractivity contribution in [1.82, 2.24) is 4.31 Å². The summed E-state index contributed by atoms with van der Waals surface area (Å²) in [5.74, 6) is 0. The third-order valence-electron chi connectivity index (χ3n) is 4.82. The van der Waals surface area contributed by atoms with Gasteiger partial charge in [0.1, 0.15) is 0 Å². The zero-order valence-electron chi connectivity index (χ0n) is 14.8. The van der Waals surface area contributed by atoms with Gasteiger partial charge in [-0.3, -0.25) is 10.1 Å². The number of nitro benzene ring substituents is 1. The molecular weight excluding hydrogens is 354 g/mol. The van der Waals surface area contributed by atoms with E-state index in [0.29, 0.717) is 25.2 Å². The van der Waals surface area contributed by atoms with Crippen LogP contribution in [0.25, 0.3) is 0 Å². The first-order valence-electron chi connectivity index (χ1n) is 8.44. The molecule has 1 aliphatic heterocycles. The molecule has 0 bridgehead atoms. The lowest BCUT2D eigenvalue weighted by atomic mass is 10.1. The lowest BCUT2D eigenvalue weighted by Gasteiger charge is -2.37. The van der Waals surface area contributed by atoms with Crippen molar-refractivity contribution in [3.8, 4) is 0 Å².